The van der Waals surface area contributed by atoms with Gasteiger partial charge in [0.1, 0.15) is 12.4 Å². The summed E-state index contributed by atoms with van der Waals surface area (Å²) in [5.74, 6) is 1.83. The molecule has 4 fully saturated rings. The molecule has 2 unspecified atom stereocenters. The molecule has 4 atom stereocenters. The molecular weight excluding hydrogens is 458 g/mol. The summed E-state index contributed by atoms with van der Waals surface area (Å²) in [5.41, 5.74) is 3.54. The Balaban J connectivity index is 1.33. The van der Waals surface area contributed by atoms with E-state index in [1.54, 1.807) is 0 Å². The molecule has 4 saturated carbocycles. The third kappa shape index (κ3) is 4.06. The lowest BCUT2D eigenvalue weighted by Crippen LogP contribution is -2.63. The first-order chi connectivity index (χ1) is 14.3. The standard InChI is InChI=1S/C26H31BrClNO/c1-24-10-18-11-25(2,15-24)17-26(12-18,16-24)29-13-20-9-21(27)7-8-23(20)30-14-19-5-3-4-6-22(19)28/h3-9,18,29H,10-17H2,1-2H3/t18?,24-,25+,26?. The Morgan fingerprint density at radius 3 is 2.43 bits per heavy atom. The fourth-order valence-corrected chi connectivity index (χ4v) is 8.12. The van der Waals surface area contributed by atoms with E-state index < -0.39 is 0 Å². The first-order valence-corrected chi connectivity index (χ1v) is 12.3. The van der Waals surface area contributed by atoms with Gasteiger partial charge in [0.15, 0.2) is 0 Å². The zero-order valence-corrected chi connectivity index (χ0v) is 20.3. The highest BCUT2D eigenvalue weighted by Gasteiger charge is 2.59. The second kappa shape index (κ2) is 7.53. The van der Waals surface area contributed by atoms with Crippen LogP contribution in [0.4, 0.5) is 0 Å². The Labute approximate surface area is 193 Å². The van der Waals surface area contributed by atoms with E-state index in [1.165, 1.54) is 44.1 Å². The predicted octanol–water partition coefficient (Wildman–Crippen LogP) is 7.52. The van der Waals surface area contributed by atoms with Gasteiger partial charge in [-0.15, -0.1) is 0 Å². The summed E-state index contributed by atoms with van der Waals surface area (Å²) in [6.45, 7) is 6.39. The molecule has 4 bridgehead atoms. The van der Waals surface area contributed by atoms with Gasteiger partial charge in [-0.2, -0.15) is 0 Å². The molecule has 4 aliphatic rings. The molecular formula is C26H31BrClNO. The molecule has 6 rings (SSSR count). The number of ether oxygens (including phenoxy) is 1. The number of rotatable bonds is 6. The maximum absolute atomic E-state index is 6.32. The second-order valence-electron chi connectivity index (χ2n) is 10.9. The van der Waals surface area contributed by atoms with E-state index in [9.17, 15) is 0 Å². The number of nitrogens with one attached hydrogen (secondary N) is 1. The van der Waals surface area contributed by atoms with Gasteiger partial charge in [-0.3, -0.25) is 0 Å². The second-order valence-corrected chi connectivity index (χ2v) is 12.2. The highest BCUT2D eigenvalue weighted by molar-refractivity contribution is 9.10. The molecule has 2 aromatic carbocycles. The molecule has 2 nitrogen and oxygen atoms in total. The number of hydrogen-bond donors (Lipinski definition) is 1. The van der Waals surface area contributed by atoms with E-state index in [1.807, 2.05) is 24.3 Å². The van der Waals surface area contributed by atoms with E-state index in [0.29, 0.717) is 17.4 Å². The maximum atomic E-state index is 6.32. The van der Waals surface area contributed by atoms with Gasteiger partial charge < -0.3 is 10.1 Å². The van der Waals surface area contributed by atoms with Gasteiger partial charge in [0, 0.05) is 32.7 Å². The van der Waals surface area contributed by atoms with E-state index in [2.05, 4.69) is 53.3 Å². The van der Waals surface area contributed by atoms with Gasteiger partial charge >= 0.3 is 0 Å². The van der Waals surface area contributed by atoms with Gasteiger partial charge in [-0.05, 0) is 79.5 Å². The molecule has 160 valence electrons. The molecule has 0 spiro atoms. The van der Waals surface area contributed by atoms with Gasteiger partial charge in [-0.25, -0.2) is 0 Å². The highest BCUT2D eigenvalue weighted by atomic mass is 79.9. The van der Waals surface area contributed by atoms with Crippen molar-refractivity contribution in [1.29, 1.82) is 0 Å². The summed E-state index contributed by atoms with van der Waals surface area (Å²) < 4.78 is 7.32. The van der Waals surface area contributed by atoms with Crippen LogP contribution in [0.1, 0.15) is 63.5 Å². The monoisotopic (exact) mass is 487 g/mol. The van der Waals surface area contributed by atoms with E-state index in [0.717, 1.165) is 33.3 Å². The van der Waals surface area contributed by atoms with E-state index in [4.69, 9.17) is 16.3 Å². The summed E-state index contributed by atoms with van der Waals surface area (Å²) in [7, 11) is 0. The van der Waals surface area contributed by atoms with Gasteiger partial charge in [0.05, 0.1) is 0 Å². The van der Waals surface area contributed by atoms with Crippen LogP contribution in [0.5, 0.6) is 5.75 Å². The zero-order chi connectivity index (χ0) is 21.0. The van der Waals surface area contributed by atoms with Crippen LogP contribution in [0.3, 0.4) is 0 Å². The number of halogens is 2. The zero-order valence-electron chi connectivity index (χ0n) is 17.9. The molecule has 1 N–H and O–H groups in total. The molecule has 0 amide bonds. The lowest BCUT2D eigenvalue weighted by Gasteiger charge is -2.65. The van der Waals surface area contributed by atoms with Crippen LogP contribution in [0, 0.1) is 16.7 Å². The Bertz CT molecular complexity index is 942. The molecule has 0 heterocycles. The van der Waals surface area contributed by atoms with Gasteiger partial charge in [-0.1, -0.05) is 59.6 Å². The first kappa shape index (κ1) is 20.8. The normalized spacial score (nSPS) is 34.3. The van der Waals surface area contributed by atoms with Crippen molar-refractivity contribution in [2.24, 2.45) is 16.7 Å². The largest absolute Gasteiger partial charge is 0.489 e. The van der Waals surface area contributed by atoms with Crippen molar-refractivity contribution in [3.63, 3.8) is 0 Å². The van der Waals surface area contributed by atoms with Crippen LogP contribution in [0.2, 0.25) is 5.02 Å². The van der Waals surface area contributed by atoms with Crippen molar-refractivity contribution in [3.8, 4) is 5.75 Å². The minimum Gasteiger partial charge on any atom is -0.489 e. The van der Waals surface area contributed by atoms with Crippen molar-refractivity contribution in [3.05, 3.63) is 63.1 Å². The molecule has 4 heteroatoms. The van der Waals surface area contributed by atoms with E-state index in [-0.39, 0.29) is 5.54 Å². The third-order valence-electron chi connectivity index (χ3n) is 7.64. The van der Waals surface area contributed by atoms with E-state index >= 15 is 0 Å². The van der Waals surface area contributed by atoms with Crippen LogP contribution in [0.15, 0.2) is 46.9 Å². The van der Waals surface area contributed by atoms with Crippen LogP contribution < -0.4 is 10.1 Å². The van der Waals surface area contributed by atoms with Crippen molar-refractivity contribution >= 4 is 27.5 Å². The average molecular weight is 489 g/mol. The lowest BCUT2D eigenvalue weighted by molar-refractivity contribution is -0.118. The molecule has 0 aliphatic heterocycles. The Hall–Kier alpha value is -1.03. The SMILES string of the molecule is C[C@]12CC3CC(NCc4cc(Br)ccc4OCc4ccccc4Cl)(C1)C[C@@](C)(C3)C2. The summed E-state index contributed by atoms with van der Waals surface area (Å²) in [6, 6.07) is 14.2. The molecule has 0 saturated heterocycles. The first-order valence-electron chi connectivity index (χ1n) is 11.2. The molecule has 0 aromatic heterocycles. The van der Waals surface area contributed by atoms with Gasteiger partial charge in [0.25, 0.3) is 0 Å². The highest BCUT2D eigenvalue weighted by Crippen LogP contribution is 2.66. The number of hydrogen-bond acceptors (Lipinski definition) is 2. The molecule has 0 radical (unpaired) electrons. The minimum absolute atomic E-state index is 0.283. The van der Waals surface area contributed by atoms with Crippen LogP contribution in [-0.2, 0) is 13.2 Å². The fraction of sp³-hybridized carbons (Fsp3) is 0.538. The Morgan fingerprint density at radius 2 is 1.73 bits per heavy atom. The minimum atomic E-state index is 0.283. The predicted molar refractivity (Wildman–Crippen MR) is 127 cm³/mol. The van der Waals surface area contributed by atoms with Gasteiger partial charge in [0.2, 0.25) is 0 Å². The van der Waals surface area contributed by atoms with Crippen molar-refractivity contribution < 1.29 is 4.74 Å². The van der Waals surface area contributed by atoms with Crippen molar-refractivity contribution in [2.75, 3.05) is 0 Å². The smallest absolute Gasteiger partial charge is 0.124 e. The Morgan fingerprint density at radius 1 is 1.00 bits per heavy atom. The summed E-state index contributed by atoms with van der Waals surface area (Å²) in [5, 5.41) is 4.80. The Kier molecular flexibility index (Phi) is 5.24. The molecule has 2 aromatic rings. The quantitative estimate of drug-likeness (QED) is 0.454. The topological polar surface area (TPSA) is 21.3 Å². The summed E-state index contributed by atoms with van der Waals surface area (Å²) in [4.78, 5) is 0. The van der Waals surface area contributed by atoms with Crippen LogP contribution in [0.25, 0.3) is 0 Å². The van der Waals surface area contributed by atoms with Crippen LogP contribution >= 0.6 is 27.5 Å². The summed E-state index contributed by atoms with van der Waals surface area (Å²) >= 11 is 9.97. The molecule has 30 heavy (non-hydrogen) atoms. The summed E-state index contributed by atoms with van der Waals surface area (Å²) in [6.07, 6.45) is 8.22. The average Bonchev–Trinajstić information content (AvgIpc) is 2.64. The lowest BCUT2D eigenvalue weighted by atomic mass is 9.43. The fourth-order valence-electron chi connectivity index (χ4n) is 7.53. The third-order valence-corrected chi connectivity index (χ3v) is 8.51. The number of benzene rings is 2. The maximum Gasteiger partial charge on any atom is 0.124 e. The van der Waals surface area contributed by atoms with Crippen molar-refractivity contribution in [2.45, 2.75) is 71.1 Å². The van der Waals surface area contributed by atoms with Crippen molar-refractivity contribution in [1.82, 2.24) is 5.32 Å². The van der Waals surface area contributed by atoms with Crippen LogP contribution in [-0.4, -0.2) is 5.54 Å². The molecule has 4 aliphatic carbocycles.